The van der Waals surface area contributed by atoms with Gasteiger partial charge in [-0.25, -0.2) is 4.98 Å². The molecule has 0 aliphatic carbocycles. The summed E-state index contributed by atoms with van der Waals surface area (Å²) in [6.45, 7) is 6.51. The third-order valence-corrected chi connectivity index (χ3v) is 9.14. The molecular formula is C43H63N7O12. The summed E-state index contributed by atoms with van der Waals surface area (Å²) in [4.78, 5) is 83.3. The standard InChI is InChI=1S/C43H63N7O12/c1-2-57-25-26-59-23-19-45-39(53)31-36(48-38(52)8-4-3-5-21-50-40(54)15-16-41(50)55)42(56)46-20-24-60-28-30-61-29-27-58-22-6-7-35(51)14-13-33-9-11-34(12-10-33)32-62-43-47-18-17-37(44)49-43/h9-12,15-18,36H,2-8,13-14,19-32H2,1H3,(H,45,53)(H,46,56)(H,48,52)(H2,44,47,49). The van der Waals surface area contributed by atoms with Crippen LogP contribution in [0.4, 0.5) is 5.82 Å². The van der Waals surface area contributed by atoms with E-state index in [1.807, 2.05) is 31.2 Å². The lowest BCUT2D eigenvalue weighted by Gasteiger charge is -2.19. The molecule has 0 spiro atoms. The number of rotatable bonds is 36. The molecule has 19 heteroatoms. The largest absolute Gasteiger partial charge is 0.459 e. The maximum atomic E-state index is 13.0. The minimum absolute atomic E-state index is 0.103. The van der Waals surface area contributed by atoms with Crippen molar-refractivity contribution < 1.29 is 57.2 Å². The summed E-state index contributed by atoms with van der Waals surface area (Å²) in [6, 6.07) is 8.56. The summed E-state index contributed by atoms with van der Waals surface area (Å²) < 4.78 is 32.8. The van der Waals surface area contributed by atoms with Gasteiger partial charge >= 0.3 is 6.01 Å². The molecule has 1 aromatic heterocycles. The number of imide groups is 1. The monoisotopic (exact) mass is 869 g/mol. The van der Waals surface area contributed by atoms with Gasteiger partial charge < -0.3 is 50.1 Å². The lowest BCUT2D eigenvalue weighted by atomic mass is 10.0. The maximum absolute atomic E-state index is 13.0. The summed E-state index contributed by atoms with van der Waals surface area (Å²) in [6.07, 6.45) is 7.60. The van der Waals surface area contributed by atoms with Crippen molar-refractivity contribution in [3.63, 3.8) is 0 Å². The highest BCUT2D eigenvalue weighted by molar-refractivity contribution is 6.12. The number of nitrogens with zero attached hydrogens (tertiary/aromatic N) is 3. The average Bonchev–Trinajstić information content (AvgIpc) is 3.58. The first kappa shape index (κ1) is 51.0. The predicted octanol–water partition coefficient (Wildman–Crippen LogP) is 1.62. The zero-order chi connectivity index (χ0) is 44.6. The van der Waals surface area contributed by atoms with Gasteiger partial charge in [0.2, 0.25) is 17.7 Å². The highest BCUT2D eigenvalue weighted by atomic mass is 16.5. The molecular weight excluding hydrogens is 807 g/mol. The highest BCUT2D eigenvalue weighted by Gasteiger charge is 2.24. The van der Waals surface area contributed by atoms with Gasteiger partial charge in [-0.05, 0) is 49.8 Å². The van der Waals surface area contributed by atoms with Crippen LogP contribution in [-0.4, -0.2) is 142 Å². The first-order chi connectivity index (χ1) is 30.1. The Labute approximate surface area is 363 Å². The minimum atomic E-state index is -1.11. The summed E-state index contributed by atoms with van der Waals surface area (Å²) in [5.74, 6) is -1.54. The molecule has 2 aromatic rings. The van der Waals surface area contributed by atoms with E-state index in [1.54, 1.807) is 6.07 Å². The van der Waals surface area contributed by atoms with Gasteiger partial charge in [0.1, 0.15) is 24.2 Å². The van der Waals surface area contributed by atoms with Crippen LogP contribution in [-0.2, 0) is 65.5 Å². The number of ether oxygens (including phenoxy) is 6. The molecule has 1 atom stereocenters. The Kier molecular flexibility index (Phi) is 25.9. The van der Waals surface area contributed by atoms with E-state index in [-0.39, 0.29) is 75.9 Å². The van der Waals surface area contributed by atoms with E-state index in [0.717, 1.165) is 16.0 Å². The van der Waals surface area contributed by atoms with Crippen LogP contribution in [0.2, 0.25) is 0 Å². The zero-order valence-corrected chi connectivity index (χ0v) is 35.8. The quantitative estimate of drug-likeness (QED) is 0.0561. The first-order valence-electron chi connectivity index (χ1n) is 21.2. The molecule has 2 heterocycles. The third kappa shape index (κ3) is 23.0. The summed E-state index contributed by atoms with van der Waals surface area (Å²) in [5.41, 5.74) is 7.67. The number of carbonyl (C=O) groups is 6. The molecule has 0 saturated heterocycles. The van der Waals surface area contributed by atoms with Crippen LogP contribution in [0.5, 0.6) is 6.01 Å². The highest BCUT2D eigenvalue weighted by Crippen LogP contribution is 2.12. The first-order valence-corrected chi connectivity index (χ1v) is 21.2. The molecule has 1 unspecified atom stereocenters. The summed E-state index contributed by atoms with van der Waals surface area (Å²) in [5, 5.41) is 8.05. The molecule has 5 amide bonds. The number of aryl methyl sites for hydroxylation is 1. The molecule has 1 aliphatic heterocycles. The molecule has 1 aromatic carbocycles. The van der Waals surface area contributed by atoms with Gasteiger partial charge in [-0.15, -0.1) is 0 Å². The van der Waals surface area contributed by atoms with Crippen LogP contribution in [0.1, 0.15) is 69.4 Å². The Morgan fingerprint density at radius 1 is 0.694 bits per heavy atom. The fourth-order valence-electron chi connectivity index (χ4n) is 5.81. The molecule has 342 valence electrons. The molecule has 1 aliphatic rings. The Balaban J connectivity index is 1.20. The Morgan fingerprint density at radius 2 is 1.32 bits per heavy atom. The van der Waals surface area contributed by atoms with E-state index >= 15 is 0 Å². The van der Waals surface area contributed by atoms with Gasteiger partial charge in [-0.3, -0.25) is 33.7 Å². The molecule has 3 rings (SSSR count). The third-order valence-electron chi connectivity index (χ3n) is 9.14. The van der Waals surface area contributed by atoms with Crippen LogP contribution in [0.3, 0.4) is 0 Å². The van der Waals surface area contributed by atoms with Crippen molar-refractivity contribution in [1.82, 2.24) is 30.8 Å². The second-order valence-corrected chi connectivity index (χ2v) is 14.1. The molecule has 0 saturated carbocycles. The minimum Gasteiger partial charge on any atom is -0.459 e. The van der Waals surface area contributed by atoms with Crippen molar-refractivity contribution >= 4 is 41.1 Å². The van der Waals surface area contributed by atoms with Gasteiger partial charge in [0.25, 0.3) is 11.8 Å². The Bertz CT molecular complexity index is 1680. The van der Waals surface area contributed by atoms with Gasteiger partial charge in [0.15, 0.2) is 0 Å². The number of nitrogens with two attached hydrogens (primary N) is 1. The van der Waals surface area contributed by atoms with Crippen molar-refractivity contribution in [3.8, 4) is 6.01 Å². The van der Waals surface area contributed by atoms with Gasteiger partial charge in [-0.2, -0.15) is 4.98 Å². The number of hydrogen-bond donors (Lipinski definition) is 4. The van der Waals surface area contributed by atoms with E-state index < -0.39 is 23.8 Å². The number of hydrogen-bond acceptors (Lipinski definition) is 15. The van der Waals surface area contributed by atoms with E-state index in [4.69, 9.17) is 34.2 Å². The lowest BCUT2D eigenvalue weighted by Crippen LogP contribution is -2.49. The number of amides is 5. The normalized spacial score (nSPS) is 12.7. The maximum Gasteiger partial charge on any atom is 0.318 e. The van der Waals surface area contributed by atoms with E-state index in [2.05, 4.69) is 25.9 Å². The van der Waals surface area contributed by atoms with E-state index in [9.17, 15) is 28.8 Å². The predicted molar refractivity (Wildman–Crippen MR) is 226 cm³/mol. The number of aromatic nitrogens is 2. The molecule has 0 bridgehead atoms. The van der Waals surface area contributed by atoms with Crippen molar-refractivity contribution in [2.45, 2.75) is 77.4 Å². The van der Waals surface area contributed by atoms with Crippen molar-refractivity contribution in [2.75, 3.05) is 91.4 Å². The fraction of sp³-hybridized carbons (Fsp3) is 0.581. The number of nitrogens with one attached hydrogen (secondary N) is 3. The zero-order valence-electron chi connectivity index (χ0n) is 35.8. The van der Waals surface area contributed by atoms with E-state index in [1.165, 1.54) is 18.3 Å². The number of anilines is 1. The van der Waals surface area contributed by atoms with E-state index in [0.29, 0.717) is 104 Å². The number of ketones is 1. The van der Waals surface area contributed by atoms with Crippen molar-refractivity contribution in [1.29, 1.82) is 0 Å². The molecule has 19 nitrogen and oxygen atoms in total. The van der Waals surface area contributed by atoms with Crippen LogP contribution in [0.25, 0.3) is 0 Å². The van der Waals surface area contributed by atoms with Crippen LogP contribution in [0, 0.1) is 0 Å². The molecule has 62 heavy (non-hydrogen) atoms. The van der Waals surface area contributed by atoms with Crippen LogP contribution >= 0.6 is 0 Å². The van der Waals surface area contributed by atoms with Gasteiger partial charge in [0, 0.05) is 70.5 Å². The smallest absolute Gasteiger partial charge is 0.318 e. The number of carbonyl (C=O) groups excluding carboxylic acids is 6. The number of benzene rings is 1. The topological polar surface area (TPSA) is 249 Å². The SMILES string of the molecule is CCOCCOCCNC(=O)CC(NC(=O)CCCCCN1C(=O)C=CC1=O)C(=O)NCCOCCOCCOCCCC(=O)CCc1ccc(COc2nccc(N)n2)cc1. The lowest BCUT2D eigenvalue weighted by molar-refractivity contribution is -0.137. The van der Waals surface area contributed by atoms with Crippen LogP contribution in [0.15, 0.2) is 48.7 Å². The van der Waals surface area contributed by atoms with Crippen molar-refractivity contribution in [2.24, 2.45) is 0 Å². The second-order valence-electron chi connectivity index (χ2n) is 14.1. The Morgan fingerprint density at radius 3 is 2.00 bits per heavy atom. The number of Topliss-reactive ketones (excluding diaryl/α,β-unsaturated/α-hetero) is 1. The van der Waals surface area contributed by atoms with Crippen molar-refractivity contribution in [3.05, 3.63) is 59.8 Å². The molecule has 0 fully saturated rings. The fourth-order valence-corrected chi connectivity index (χ4v) is 5.81. The molecule has 0 radical (unpaired) electrons. The van der Waals surface area contributed by atoms with Crippen LogP contribution < -0.4 is 26.4 Å². The molecule has 5 N–H and O–H groups in total. The van der Waals surface area contributed by atoms with Gasteiger partial charge in [0.05, 0.1) is 59.3 Å². The summed E-state index contributed by atoms with van der Waals surface area (Å²) >= 11 is 0. The van der Waals surface area contributed by atoms with Gasteiger partial charge in [-0.1, -0.05) is 30.7 Å². The number of unbranched alkanes of at least 4 members (excludes halogenated alkanes) is 2. The second kappa shape index (κ2) is 31.5. The number of nitrogen functional groups attached to an aromatic ring is 1. The summed E-state index contributed by atoms with van der Waals surface area (Å²) in [7, 11) is 0. The Hall–Kier alpha value is -5.34. The average molecular weight is 870 g/mol.